The number of para-hydroxylation sites is 1. The van der Waals surface area contributed by atoms with Crippen molar-refractivity contribution in [2.45, 2.75) is 5.92 Å². The summed E-state index contributed by atoms with van der Waals surface area (Å²) >= 11 is 0. The van der Waals surface area contributed by atoms with Gasteiger partial charge < -0.3 is 5.32 Å². The number of hydrogen-bond donors (Lipinski definition) is 1. The molecule has 0 bridgehead atoms. The fourth-order valence-electron chi connectivity index (χ4n) is 3.06. The zero-order valence-electron chi connectivity index (χ0n) is 11.0. The smallest absolute Gasteiger partial charge is 0.244 e. The van der Waals surface area contributed by atoms with Gasteiger partial charge in [0, 0.05) is 0 Å². The maximum atomic E-state index is 13.1. The molecule has 2 heterocycles. The molecule has 4 nitrogen and oxygen atoms in total. The highest BCUT2D eigenvalue weighted by atomic mass is 19.1. The maximum Gasteiger partial charge on any atom is 0.244 e. The summed E-state index contributed by atoms with van der Waals surface area (Å²) in [6, 6.07) is 11.4. The molecular weight excluding hydrogens is 271 g/mol. The van der Waals surface area contributed by atoms with E-state index in [1.807, 2.05) is 12.1 Å². The van der Waals surface area contributed by atoms with E-state index < -0.39 is 5.92 Å². The molecule has 21 heavy (non-hydrogen) atoms. The molecule has 0 radical (unpaired) electrons. The van der Waals surface area contributed by atoms with E-state index >= 15 is 0 Å². The zero-order valence-corrected chi connectivity index (χ0v) is 11.0. The first-order chi connectivity index (χ1) is 10.1. The molecule has 2 aromatic rings. The molecule has 0 spiro atoms. The van der Waals surface area contributed by atoms with Crippen LogP contribution < -0.4 is 10.2 Å². The molecule has 0 saturated carbocycles. The number of carbonyl (C=O) groups excluding carboxylic acids is 2. The van der Waals surface area contributed by atoms with E-state index in [-0.39, 0.29) is 24.2 Å². The van der Waals surface area contributed by atoms with Crippen molar-refractivity contribution in [1.82, 2.24) is 0 Å². The monoisotopic (exact) mass is 282 g/mol. The Morgan fingerprint density at radius 2 is 1.86 bits per heavy atom. The molecule has 0 aliphatic carbocycles. The van der Waals surface area contributed by atoms with Gasteiger partial charge in [0.25, 0.3) is 0 Å². The van der Waals surface area contributed by atoms with E-state index in [0.29, 0.717) is 5.69 Å². The van der Waals surface area contributed by atoms with Crippen LogP contribution in [0.3, 0.4) is 0 Å². The summed E-state index contributed by atoms with van der Waals surface area (Å²) < 4.78 is 13.1. The van der Waals surface area contributed by atoms with E-state index in [1.165, 1.54) is 17.0 Å². The summed E-state index contributed by atoms with van der Waals surface area (Å²) in [5.74, 6) is -1.16. The largest absolute Gasteiger partial charge is 0.323 e. The molecule has 2 aliphatic rings. The highest BCUT2D eigenvalue weighted by Crippen LogP contribution is 2.46. The van der Waals surface area contributed by atoms with Crippen LogP contribution in [0.15, 0.2) is 42.5 Å². The quantitative estimate of drug-likeness (QED) is 0.872. The summed E-state index contributed by atoms with van der Waals surface area (Å²) in [7, 11) is 0. The number of nitrogens with one attached hydrogen (secondary N) is 1. The van der Waals surface area contributed by atoms with E-state index in [4.69, 9.17) is 0 Å². The molecule has 5 heteroatoms. The minimum Gasteiger partial charge on any atom is -0.323 e. The highest BCUT2D eigenvalue weighted by Gasteiger charge is 2.42. The normalized spacial score (nSPS) is 19.5. The summed E-state index contributed by atoms with van der Waals surface area (Å²) in [5.41, 5.74) is 3.00. The number of nitrogens with zero attached hydrogens (tertiary/aromatic N) is 1. The summed E-state index contributed by atoms with van der Waals surface area (Å²) in [5, 5.41) is 2.78. The molecule has 1 unspecified atom stereocenters. The van der Waals surface area contributed by atoms with E-state index in [9.17, 15) is 14.0 Å². The summed E-state index contributed by atoms with van der Waals surface area (Å²) in [6.07, 6.45) is 0. The van der Waals surface area contributed by atoms with Crippen LogP contribution in [0.25, 0.3) is 0 Å². The highest BCUT2D eigenvalue weighted by molar-refractivity contribution is 6.17. The second-order valence-electron chi connectivity index (χ2n) is 5.20. The predicted molar refractivity (Wildman–Crippen MR) is 75.7 cm³/mol. The SMILES string of the molecule is O=C1CN2C(=O)C(c3ccc(F)cc3)c3cccc(c32)N1. The molecule has 104 valence electrons. The van der Waals surface area contributed by atoms with Gasteiger partial charge in [-0.15, -0.1) is 0 Å². The minimum absolute atomic E-state index is 0.0283. The van der Waals surface area contributed by atoms with Gasteiger partial charge in [-0.05, 0) is 29.3 Å². The standard InChI is InChI=1S/C16H11FN2O2/c17-10-6-4-9(5-7-10)14-11-2-1-3-12-15(11)19(16(14)21)8-13(20)18-12/h1-7,14H,8H2,(H,18,20). The Morgan fingerprint density at radius 1 is 1.10 bits per heavy atom. The average Bonchev–Trinajstić information content (AvgIpc) is 2.75. The number of benzene rings is 2. The Bertz CT molecular complexity index is 770. The summed E-state index contributed by atoms with van der Waals surface area (Å²) in [4.78, 5) is 25.9. The van der Waals surface area contributed by atoms with Crippen molar-refractivity contribution >= 4 is 23.2 Å². The zero-order chi connectivity index (χ0) is 14.6. The van der Waals surface area contributed by atoms with Crippen molar-refractivity contribution in [3.05, 3.63) is 59.4 Å². The topological polar surface area (TPSA) is 49.4 Å². The number of halogens is 1. The first-order valence-electron chi connectivity index (χ1n) is 6.65. The molecule has 1 N–H and O–H groups in total. The van der Waals surface area contributed by atoms with Crippen LogP contribution in [-0.2, 0) is 9.59 Å². The lowest BCUT2D eigenvalue weighted by Crippen LogP contribution is -2.40. The van der Waals surface area contributed by atoms with Crippen LogP contribution in [0.5, 0.6) is 0 Å². The number of hydrogen-bond acceptors (Lipinski definition) is 2. The number of carbonyl (C=O) groups is 2. The Morgan fingerprint density at radius 3 is 2.62 bits per heavy atom. The molecule has 2 aliphatic heterocycles. The lowest BCUT2D eigenvalue weighted by molar-refractivity contribution is -0.121. The van der Waals surface area contributed by atoms with Gasteiger partial charge in [-0.3, -0.25) is 14.5 Å². The Kier molecular flexibility index (Phi) is 2.39. The lowest BCUT2D eigenvalue weighted by Gasteiger charge is -2.25. The van der Waals surface area contributed by atoms with Gasteiger partial charge in [0.05, 0.1) is 17.3 Å². The average molecular weight is 282 g/mol. The van der Waals surface area contributed by atoms with E-state index in [2.05, 4.69) is 5.32 Å². The van der Waals surface area contributed by atoms with Crippen molar-refractivity contribution < 1.29 is 14.0 Å². The predicted octanol–water partition coefficient (Wildman–Crippen LogP) is 2.26. The lowest BCUT2D eigenvalue weighted by atomic mass is 9.92. The third-order valence-electron chi connectivity index (χ3n) is 3.94. The second kappa shape index (κ2) is 4.15. The van der Waals surface area contributed by atoms with Crippen LogP contribution in [-0.4, -0.2) is 18.4 Å². The van der Waals surface area contributed by atoms with Crippen molar-refractivity contribution in [2.75, 3.05) is 16.8 Å². The van der Waals surface area contributed by atoms with Gasteiger partial charge in [0.15, 0.2) is 0 Å². The second-order valence-corrected chi connectivity index (χ2v) is 5.20. The van der Waals surface area contributed by atoms with Gasteiger partial charge in [-0.25, -0.2) is 4.39 Å². The van der Waals surface area contributed by atoms with Gasteiger partial charge in [0.1, 0.15) is 12.4 Å². The molecule has 0 saturated heterocycles. The third kappa shape index (κ3) is 1.67. The Labute approximate surface area is 120 Å². The molecule has 0 aromatic heterocycles. The van der Waals surface area contributed by atoms with Gasteiger partial charge >= 0.3 is 0 Å². The Balaban J connectivity index is 1.89. The molecular formula is C16H11FN2O2. The first-order valence-corrected chi connectivity index (χ1v) is 6.65. The molecule has 0 fully saturated rings. The molecule has 4 rings (SSSR count). The van der Waals surface area contributed by atoms with Gasteiger partial charge in [-0.1, -0.05) is 24.3 Å². The maximum absolute atomic E-state index is 13.1. The third-order valence-corrected chi connectivity index (χ3v) is 3.94. The fourth-order valence-corrected chi connectivity index (χ4v) is 3.06. The van der Waals surface area contributed by atoms with Crippen LogP contribution in [0.2, 0.25) is 0 Å². The number of rotatable bonds is 1. The number of anilines is 2. The first kappa shape index (κ1) is 12.1. The number of amides is 2. The van der Waals surface area contributed by atoms with Crippen molar-refractivity contribution in [1.29, 1.82) is 0 Å². The fraction of sp³-hybridized carbons (Fsp3) is 0.125. The molecule has 2 amide bonds. The van der Waals surface area contributed by atoms with E-state index in [0.717, 1.165) is 16.8 Å². The van der Waals surface area contributed by atoms with Crippen LogP contribution in [0, 0.1) is 5.82 Å². The summed E-state index contributed by atoms with van der Waals surface area (Å²) in [6.45, 7) is 0.0283. The van der Waals surface area contributed by atoms with Crippen molar-refractivity contribution in [3.63, 3.8) is 0 Å². The Hall–Kier alpha value is -2.69. The van der Waals surface area contributed by atoms with Crippen molar-refractivity contribution in [2.24, 2.45) is 0 Å². The van der Waals surface area contributed by atoms with E-state index in [1.54, 1.807) is 18.2 Å². The van der Waals surface area contributed by atoms with Crippen LogP contribution in [0.1, 0.15) is 17.0 Å². The van der Waals surface area contributed by atoms with Gasteiger partial charge in [-0.2, -0.15) is 0 Å². The minimum atomic E-state index is -0.478. The van der Waals surface area contributed by atoms with Gasteiger partial charge in [0.2, 0.25) is 11.8 Å². The van der Waals surface area contributed by atoms with Crippen molar-refractivity contribution in [3.8, 4) is 0 Å². The molecule has 1 atom stereocenters. The van der Waals surface area contributed by atoms with Crippen LogP contribution >= 0.6 is 0 Å². The molecule has 2 aromatic carbocycles. The van der Waals surface area contributed by atoms with Crippen LogP contribution in [0.4, 0.5) is 15.8 Å².